The van der Waals surface area contributed by atoms with Crippen LogP contribution >= 0.6 is 0 Å². The Bertz CT molecular complexity index is 622. The highest BCUT2D eigenvalue weighted by molar-refractivity contribution is 5.94. The lowest BCUT2D eigenvalue weighted by atomic mass is 9.93. The maximum Gasteiger partial charge on any atom is 0.256 e. The molecule has 3 aliphatic rings. The molecule has 1 aromatic rings. The average Bonchev–Trinajstić information content (AvgIpc) is 3.18. The molecule has 1 aliphatic heterocycles. The van der Waals surface area contributed by atoms with Crippen LogP contribution in [0.25, 0.3) is 0 Å². The van der Waals surface area contributed by atoms with Gasteiger partial charge < -0.3 is 4.90 Å². The Hall–Kier alpha value is -1.68. The van der Waals surface area contributed by atoms with Gasteiger partial charge in [-0.1, -0.05) is 24.3 Å². The fraction of sp³-hybridized carbons (Fsp3) is 0.526. The molecule has 2 bridgehead atoms. The summed E-state index contributed by atoms with van der Waals surface area (Å²) in [7, 11) is 0. The summed E-state index contributed by atoms with van der Waals surface area (Å²) in [6.07, 6.45) is 7.45. The van der Waals surface area contributed by atoms with Crippen molar-refractivity contribution in [2.45, 2.75) is 12.8 Å². The van der Waals surface area contributed by atoms with E-state index < -0.39 is 5.82 Å². The van der Waals surface area contributed by atoms with E-state index in [1.165, 1.54) is 18.9 Å². The van der Waals surface area contributed by atoms with Gasteiger partial charge in [0.15, 0.2) is 0 Å². The van der Waals surface area contributed by atoms with Crippen LogP contribution in [0.4, 0.5) is 4.39 Å². The smallest absolute Gasteiger partial charge is 0.256 e. The monoisotopic (exact) mass is 314 g/mol. The van der Waals surface area contributed by atoms with E-state index in [-0.39, 0.29) is 11.5 Å². The van der Waals surface area contributed by atoms with Crippen LogP contribution in [-0.2, 0) is 0 Å². The highest BCUT2D eigenvalue weighted by Crippen LogP contribution is 2.43. The third-order valence-electron chi connectivity index (χ3n) is 5.67. The first-order chi connectivity index (χ1) is 11.2. The van der Waals surface area contributed by atoms with Crippen LogP contribution in [0.5, 0.6) is 0 Å². The summed E-state index contributed by atoms with van der Waals surface area (Å²) in [5, 5.41) is 0. The van der Waals surface area contributed by atoms with E-state index in [0.717, 1.165) is 37.4 Å². The Morgan fingerprint density at radius 2 is 1.87 bits per heavy atom. The molecule has 2 aliphatic carbocycles. The fourth-order valence-electron chi connectivity index (χ4n) is 4.37. The molecule has 0 unspecified atom stereocenters. The Morgan fingerprint density at radius 1 is 1.09 bits per heavy atom. The minimum atomic E-state index is -0.423. The van der Waals surface area contributed by atoms with E-state index in [0.29, 0.717) is 13.1 Å². The molecule has 0 spiro atoms. The van der Waals surface area contributed by atoms with Crippen LogP contribution in [-0.4, -0.2) is 48.4 Å². The maximum absolute atomic E-state index is 13.8. The standard InChI is InChI=1S/C19H23FN2O/c20-18-4-2-1-3-17(18)19(23)22-9-7-21(8-10-22)13-16-12-14-5-6-15(16)11-14/h1-6,14-16H,7-13H2/t14-,15-,16-/m1/s1. The van der Waals surface area contributed by atoms with Crippen molar-refractivity contribution < 1.29 is 9.18 Å². The molecule has 122 valence electrons. The second-order valence-corrected chi connectivity index (χ2v) is 7.11. The number of fused-ring (bicyclic) bond motifs is 2. The first-order valence-electron chi connectivity index (χ1n) is 8.65. The van der Waals surface area contributed by atoms with Crippen LogP contribution in [0.3, 0.4) is 0 Å². The summed E-state index contributed by atoms with van der Waals surface area (Å²) in [4.78, 5) is 16.7. The van der Waals surface area contributed by atoms with Crippen molar-refractivity contribution in [1.82, 2.24) is 9.80 Å². The molecule has 4 heteroatoms. The largest absolute Gasteiger partial charge is 0.336 e. The second-order valence-electron chi connectivity index (χ2n) is 7.11. The Morgan fingerprint density at radius 3 is 2.52 bits per heavy atom. The number of benzene rings is 1. The van der Waals surface area contributed by atoms with Crippen molar-refractivity contribution in [1.29, 1.82) is 0 Å². The van der Waals surface area contributed by atoms with Gasteiger partial charge in [-0.25, -0.2) is 4.39 Å². The Kier molecular flexibility index (Phi) is 3.93. The third kappa shape index (κ3) is 2.92. The van der Waals surface area contributed by atoms with Gasteiger partial charge in [-0.2, -0.15) is 0 Å². The van der Waals surface area contributed by atoms with Crippen molar-refractivity contribution >= 4 is 5.91 Å². The van der Waals surface area contributed by atoms with Crippen molar-refractivity contribution in [3.05, 3.63) is 47.8 Å². The molecule has 1 amide bonds. The first-order valence-corrected chi connectivity index (χ1v) is 8.65. The predicted octanol–water partition coefficient (Wildman–Crippen LogP) is 2.80. The lowest BCUT2D eigenvalue weighted by molar-refractivity contribution is 0.0606. The van der Waals surface area contributed by atoms with Crippen LogP contribution in [0.1, 0.15) is 23.2 Å². The molecule has 1 heterocycles. The summed E-state index contributed by atoms with van der Waals surface area (Å²) in [6, 6.07) is 6.26. The number of allylic oxidation sites excluding steroid dienone is 2. The summed E-state index contributed by atoms with van der Waals surface area (Å²) >= 11 is 0. The van der Waals surface area contributed by atoms with Gasteiger partial charge in [-0.05, 0) is 42.7 Å². The summed E-state index contributed by atoms with van der Waals surface area (Å²) in [5.41, 5.74) is 0.194. The normalized spacial score (nSPS) is 30.1. The minimum absolute atomic E-state index is 0.175. The van der Waals surface area contributed by atoms with Gasteiger partial charge in [0.25, 0.3) is 5.91 Å². The van der Waals surface area contributed by atoms with Crippen LogP contribution < -0.4 is 0 Å². The number of hydrogen-bond acceptors (Lipinski definition) is 2. The molecule has 2 fully saturated rings. The van der Waals surface area contributed by atoms with E-state index >= 15 is 0 Å². The number of carbonyl (C=O) groups excluding carboxylic acids is 1. The molecule has 3 nitrogen and oxygen atoms in total. The predicted molar refractivity (Wildman–Crippen MR) is 87.6 cm³/mol. The van der Waals surface area contributed by atoms with E-state index in [1.54, 1.807) is 23.1 Å². The average molecular weight is 314 g/mol. The lowest BCUT2D eigenvalue weighted by Gasteiger charge is -2.37. The molecular formula is C19H23FN2O. The van der Waals surface area contributed by atoms with Gasteiger partial charge in [0.1, 0.15) is 5.82 Å². The van der Waals surface area contributed by atoms with E-state index in [2.05, 4.69) is 17.1 Å². The third-order valence-corrected chi connectivity index (χ3v) is 5.67. The lowest BCUT2D eigenvalue weighted by Crippen LogP contribution is -2.50. The minimum Gasteiger partial charge on any atom is -0.336 e. The van der Waals surface area contributed by atoms with Gasteiger partial charge >= 0.3 is 0 Å². The molecule has 3 atom stereocenters. The second kappa shape index (κ2) is 6.08. The highest BCUT2D eigenvalue weighted by atomic mass is 19.1. The number of rotatable bonds is 3. The zero-order valence-corrected chi connectivity index (χ0v) is 13.3. The van der Waals surface area contributed by atoms with Gasteiger partial charge in [0.05, 0.1) is 5.56 Å². The molecule has 1 saturated heterocycles. The van der Waals surface area contributed by atoms with Gasteiger partial charge in [-0.3, -0.25) is 9.69 Å². The molecule has 1 saturated carbocycles. The molecule has 0 radical (unpaired) electrons. The topological polar surface area (TPSA) is 23.6 Å². The van der Waals surface area contributed by atoms with Gasteiger partial charge in [0, 0.05) is 32.7 Å². The fourth-order valence-corrected chi connectivity index (χ4v) is 4.37. The van der Waals surface area contributed by atoms with Crippen LogP contribution in [0.2, 0.25) is 0 Å². The number of hydrogen-bond donors (Lipinski definition) is 0. The zero-order chi connectivity index (χ0) is 15.8. The van der Waals surface area contributed by atoms with Crippen molar-refractivity contribution in [3.8, 4) is 0 Å². The number of amides is 1. The summed E-state index contributed by atoms with van der Waals surface area (Å²) < 4.78 is 13.8. The number of halogens is 1. The molecular weight excluding hydrogens is 291 g/mol. The summed E-state index contributed by atoms with van der Waals surface area (Å²) in [6.45, 7) is 4.34. The number of carbonyl (C=O) groups is 1. The van der Waals surface area contributed by atoms with E-state index in [9.17, 15) is 9.18 Å². The molecule has 4 rings (SSSR count). The first kappa shape index (κ1) is 14.9. The van der Waals surface area contributed by atoms with E-state index in [1.807, 2.05) is 0 Å². The number of piperazine rings is 1. The van der Waals surface area contributed by atoms with Gasteiger partial charge in [0.2, 0.25) is 0 Å². The van der Waals surface area contributed by atoms with E-state index in [4.69, 9.17) is 0 Å². The van der Waals surface area contributed by atoms with Gasteiger partial charge in [-0.15, -0.1) is 0 Å². The Labute approximate surface area is 136 Å². The summed E-state index contributed by atoms with van der Waals surface area (Å²) in [5.74, 6) is 1.78. The maximum atomic E-state index is 13.8. The molecule has 0 N–H and O–H groups in total. The van der Waals surface area contributed by atoms with Crippen molar-refractivity contribution in [2.75, 3.05) is 32.7 Å². The van der Waals surface area contributed by atoms with Crippen molar-refractivity contribution in [3.63, 3.8) is 0 Å². The molecule has 1 aromatic carbocycles. The zero-order valence-electron chi connectivity index (χ0n) is 13.3. The van der Waals surface area contributed by atoms with Crippen LogP contribution in [0, 0.1) is 23.6 Å². The van der Waals surface area contributed by atoms with Crippen molar-refractivity contribution in [2.24, 2.45) is 17.8 Å². The van der Waals surface area contributed by atoms with Crippen LogP contribution in [0.15, 0.2) is 36.4 Å². The molecule has 0 aromatic heterocycles. The molecule has 23 heavy (non-hydrogen) atoms. The number of nitrogens with zero attached hydrogens (tertiary/aromatic N) is 2. The SMILES string of the molecule is O=C(c1ccccc1F)N1CCN(C[C@H]2C[C@@H]3C=C[C@@H]2C3)CC1. The quantitative estimate of drug-likeness (QED) is 0.801. The highest BCUT2D eigenvalue weighted by Gasteiger charge is 2.36. The Balaban J connectivity index is 1.32.